The topological polar surface area (TPSA) is 165 Å². The number of nitrogens with one attached hydrogen (secondary N) is 3. The number of rotatable bonds is 10. The number of likely N-dealkylation sites (N-methyl/N-ethyl adjacent to an activating group) is 1. The highest BCUT2D eigenvalue weighted by Crippen LogP contribution is 2.17. The maximum absolute atomic E-state index is 13.0. The molecular weight excluding hydrogens is 386 g/mol. The molecule has 162 valence electrons. The number of nitrogens with zero attached hydrogens (tertiary/aromatic N) is 2. The maximum Gasteiger partial charge on any atom is 0.315 e. The molecule has 1 aliphatic heterocycles. The standard InChI is InChI=1S/C17H27N5O7/c1-18-17(29)20-12(5-4-8-23)15(27)22-13(6-3-7-19-22)16(28)21(2)11(10-24)9-14(25)26/h8,10-13,19H,3-7,9H2,1-2H3,(H,25,26)(H2,18,20,29)/t11-,12-,13-/m0/s1. The van der Waals surface area contributed by atoms with Gasteiger partial charge >= 0.3 is 12.0 Å². The van der Waals surface area contributed by atoms with Crippen LogP contribution in [0.3, 0.4) is 0 Å². The molecule has 0 radical (unpaired) electrons. The third kappa shape index (κ3) is 6.82. The lowest BCUT2D eigenvalue weighted by Gasteiger charge is -2.39. The SMILES string of the molecule is CNC(=O)N[C@@H](CCC=O)C(=O)N1NCCC[C@H]1C(=O)N(C)[C@H](C=O)CC(=O)O. The lowest BCUT2D eigenvalue weighted by Crippen LogP contribution is -2.64. The molecule has 1 fully saturated rings. The van der Waals surface area contributed by atoms with Gasteiger partial charge in [0.1, 0.15) is 24.7 Å². The molecule has 1 rings (SSSR count). The summed E-state index contributed by atoms with van der Waals surface area (Å²) in [4.78, 5) is 71.4. The second-order valence-corrected chi connectivity index (χ2v) is 6.54. The summed E-state index contributed by atoms with van der Waals surface area (Å²) in [6.07, 6.45) is 1.36. The van der Waals surface area contributed by atoms with Gasteiger partial charge in [-0.3, -0.25) is 19.4 Å². The van der Waals surface area contributed by atoms with E-state index in [1.807, 2.05) is 0 Å². The Labute approximate surface area is 167 Å². The lowest BCUT2D eigenvalue weighted by atomic mass is 10.0. The summed E-state index contributed by atoms with van der Waals surface area (Å²) in [6, 6.07) is -3.82. The van der Waals surface area contributed by atoms with Gasteiger partial charge in [-0.25, -0.2) is 10.2 Å². The number of hydrogen-bond donors (Lipinski definition) is 4. The smallest absolute Gasteiger partial charge is 0.315 e. The summed E-state index contributed by atoms with van der Waals surface area (Å²) in [7, 11) is 2.67. The van der Waals surface area contributed by atoms with Gasteiger partial charge in [0.2, 0.25) is 5.91 Å². The summed E-state index contributed by atoms with van der Waals surface area (Å²) in [5.41, 5.74) is 2.82. The van der Waals surface area contributed by atoms with Gasteiger partial charge in [0.15, 0.2) is 0 Å². The number of carboxylic acids is 1. The summed E-state index contributed by atoms with van der Waals surface area (Å²) in [5, 5.41) is 14.8. The van der Waals surface area contributed by atoms with Crippen LogP contribution in [0.4, 0.5) is 4.79 Å². The van der Waals surface area contributed by atoms with E-state index in [2.05, 4.69) is 16.1 Å². The first-order valence-electron chi connectivity index (χ1n) is 9.19. The van der Waals surface area contributed by atoms with Gasteiger partial charge in [-0.15, -0.1) is 0 Å². The number of carbonyl (C=O) groups excluding carboxylic acids is 5. The van der Waals surface area contributed by atoms with Gasteiger partial charge in [-0.05, 0) is 19.3 Å². The minimum Gasteiger partial charge on any atom is -0.481 e. The van der Waals surface area contributed by atoms with Crippen molar-refractivity contribution in [2.24, 2.45) is 0 Å². The normalized spacial score (nSPS) is 18.1. The zero-order valence-electron chi connectivity index (χ0n) is 16.4. The number of hydrogen-bond acceptors (Lipinski definition) is 7. The molecule has 0 bridgehead atoms. The minimum absolute atomic E-state index is 0.0264. The molecule has 3 atom stereocenters. The van der Waals surface area contributed by atoms with Crippen LogP contribution in [0.1, 0.15) is 32.1 Å². The Morgan fingerprint density at radius 2 is 2.00 bits per heavy atom. The zero-order valence-corrected chi connectivity index (χ0v) is 16.4. The Morgan fingerprint density at radius 1 is 1.31 bits per heavy atom. The summed E-state index contributed by atoms with van der Waals surface area (Å²) in [6.45, 7) is 0.409. The van der Waals surface area contributed by atoms with E-state index in [0.717, 1.165) is 9.91 Å². The van der Waals surface area contributed by atoms with Gasteiger partial charge in [0, 0.05) is 27.1 Å². The van der Waals surface area contributed by atoms with E-state index in [1.54, 1.807) is 0 Å². The second-order valence-electron chi connectivity index (χ2n) is 6.54. The quantitative estimate of drug-likeness (QED) is 0.306. The average Bonchev–Trinajstić information content (AvgIpc) is 2.72. The van der Waals surface area contributed by atoms with Crippen molar-refractivity contribution in [1.29, 1.82) is 0 Å². The highest BCUT2D eigenvalue weighted by atomic mass is 16.4. The third-order valence-corrected chi connectivity index (χ3v) is 4.56. The monoisotopic (exact) mass is 413 g/mol. The lowest BCUT2D eigenvalue weighted by molar-refractivity contribution is -0.154. The van der Waals surface area contributed by atoms with Crippen molar-refractivity contribution in [3.05, 3.63) is 0 Å². The summed E-state index contributed by atoms with van der Waals surface area (Å²) in [5.74, 6) is -2.44. The molecule has 0 aromatic rings. The largest absolute Gasteiger partial charge is 0.481 e. The first-order chi connectivity index (χ1) is 13.8. The number of hydrazine groups is 1. The van der Waals surface area contributed by atoms with Crippen LogP contribution in [-0.2, 0) is 24.0 Å². The van der Waals surface area contributed by atoms with Crippen LogP contribution in [0, 0.1) is 0 Å². The van der Waals surface area contributed by atoms with Crippen LogP contribution >= 0.6 is 0 Å². The summed E-state index contributed by atoms with van der Waals surface area (Å²) < 4.78 is 0. The van der Waals surface area contributed by atoms with Crippen molar-refractivity contribution in [2.75, 3.05) is 20.6 Å². The van der Waals surface area contributed by atoms with Crippen LogP contribution in [0.25, 0.3) is 0 Å². The number of aliphatic carboxylic acids is 1. The minimum atomic E-state index is -1.24. The molecular formula is C17H27N5O7. The van der Waals surface area contributed by atoms with Gasteiger partial charge in [0.25, 0.3) is 5.91 Å². The maximum atomic E-state index is 13.0. The van der Waals surface area contributed by atoms with E-state index in [0.29, 0.717) is 32.0 Å². The second kappa shape index (κ2) is 11.7. The zero-order chi connectivity index (χ0) is 22.0. The average molecular weight is 413 g/mol. The van der Waals surface area contributed by atoms with Crippen LogP contribution in [0.15, 0.2) is 0 Å². The Bertz CT molecular complexity index is 642. The number of aldehydes is 2. The number of urea groups is 1. The van der Waals surface area contributed by atoms with Gasteiger partial charge < -0.3 is 30.2 Å². The van der Waals surface area contributed by atoms with Crippen molar-refractivity contribution in [3.8, 4) is 0 Å². The molecule has 0 unspecified atom stereocenters. The van der Waals surface area contributed by atoms with E-state index in [4.69, 9.17) is 5.11 Å². The van der Waals surface area contributed by atoms with Crippen LogP contribution < -0.4 is 16.1 Å². The van der Waals surface area contributed by atoms with E-state index in [1.165, 1.54) is 14.1 Å². The van der Waals surface area contributed by atoms with E-state index in [-0.39, 0.29) is 12.8 Å². The molecule has 29 heavy (non-hydrogen) atoms. The fraction of sp³-hybridized carbons (Fsp3) is 0.647. The van der Waals surface area contributed by atoms with E-state index in [9.17, 15) is 28.8 Å². The number of amides is 4. The van der Waals surface area contributed by atoms with Gasteiger partial charge in [-0.2, -0.15) is 0 Å². The van der Waals surface area contributed by atoms with E-state index < -0.39 is 48.4 Å². The first kappa shape index (κ1) is 24.0. The Morgan fingerprint density at radius 3 is 2.55 bits per heavy atom. The molecule has 0 spiro atoms. The van der Waals surface area contributed by atoms with Crippen molar-refractivity contribution in [2.45, 2.75) is 50.2 Å². The predicted molar refractivity (Wildman–Crippen MR) is 99.4 cm³/mol. The molecule has 4 N–H and O–H groups in total. The van der Waals surface area contributed by atoms with Crippen molar-refractivity contribution in [3.63, 3.8) is 0 Å². The Kier molecular flexibility index (Phi) is 9.72. The highest BCUT2D eigenvalue weighted by molar-refractivity contribution is 5.93. The van der Waals surface area contributed by atoms with Crippen LogP contribution in [0.5, 0.6) is 0 Å². The van der Waals surface area contributed by atoms with E-state index >= 15 is 0 Å². The highest BCUT2D eigenvalue weighted by Gasteiger charge is 2.39. The fourth-order valence-electron chi connectivity index (χ4n) is 2.94. The summed E-state index contributed by atoms with van der Waals surface area (Å²) >= 11 is 0. The van der Waals surface area contributed by atoms with Crippen LogP contribution in [0.2, 0.25) is 0 Å². The molecule has 4 amide bonds. The molecule has 0 aromatic carbocycles. The van der Waals surface area contributed by atoms with Crippen LogP contribution in [-0.4, -0.2) is 90.2 Å². The number of carboxylic acid groups (broad SMARTS) is 1. The fourth-order valence-corrected chi connectivity index (χ4v) is 2.94. The van der Waals surface area contributed by atoms with Crippen molar-refractivity contribution >= 4 is 36.4 Å². The molecule has 0 saturated carbocycles. The van der Waals surface area contributed by atoms with Crippen molar-refractivity contribution < 1.29 is 33.9 Å². The molecule has 0 aromatic heterocycles. The number of carbonyl (C=O) groups is 6. The molecule has 1 saturated heterocycles. The molecule has 12 heteroatoms. The Hall–Kier alpha value is -3.02. The molecule has 0 aliphatic carbocycles. The molecule has 1 heterocycles. The Balaban J connectivity index is 3.03. The first-order valence-corrected chi connectivity index (χ1v) is 9.19. The third-order valence-electron chi connectivity index (χ3n) is 4.56. The van der Waals surface area contributed by atoms with Crippen molar-refractivity contribution in [1.82, 2.24) is 26.0 Å². The molecule has 1 aliphatic rings. The van der Waals surface area contributed by atoms with Gasteiger partial charge in [0.05, 0.1) is 12.5 Å². The predicted octanol–water partition coefficient (Wildman–Crippen LogP) is -1.74. The molecule has 12 nitrogen and oxygen atoms in total. The van der Waals surface area contributed by atoms with Gasteiger partial charge in [-0.1, -0.05) is 0 Å².